The Kier molecular flexibility index (Phi) is 4.81. The van der Waals surface area contributed by atoms with Gasteiger partial charge in [-0.15, -0.1) is 0 Å². The van der Waals surface area contributed by atoms with E-state index in [9.17, 15) is 18.3 Å². The molecule has 0 heterocycles. The van der Waals surface area contributed by atoms with Gasteiger partial charge in [-0.25, -0.2) is 0 Å². The quantitative estimate of drug-likeness (QED) is 0.808. The lowest BCUT2D eigenvalue weighted by Gasteiger charge is -2.15. The van der Waals surface area contributed by atoms with Gasteiger partial charge in [0.15, 0.2) is 0 Å². The minimum Gasteiger partial charge on any atom is -0.388 e. The zero-order valence-electron chi connectivity index (χ0n) is 10.7. The molecule has 1 unspecified atom stereocenters. The maximum absolute atomic E-state index is 12.7. The number of rotatable bonds is 3. The van der Waals surface area contributed by atoms with Crippen molar-refractivity contribution >= 4 is 23.2 Å². The van der Waals surface area contributed by atoms with Crippen LogP contribution in [-0.4, -0.2) is 5.11 Å². The minimum atomic E-state index is -4.44. The molecule has 0 amide bonds. The van der Waals surface area contributed by atoms with Gasteiger partial charge in [-0.05, 0) is 29.3 Å². The summed E-state index contributed by atoms with van der Waals surface area (Å²) >= 11 is 11.9. The van der Waals surface area contributed by atoms with Crippen molar-refractivity contribution < 1.29 is 18.3 Å². The Labute approximate surface area is 129 Å². The molecular formula is C15H11Cl2F3O. The highest BCUT2D eigenvalue weighted by atomic mass is 35.5. The van der Waals surface area contributed by atoms with Gasteiger partial charge in [-0.3, -0.25) is 0 Å². The van der Waals surface area contributed by atoms with Gasteiger partial charge in [0.1, 0.15) is 0 Å². The lowest BCUT2D eigenvalue weighted by molar-refractivity contribution is -0.137. The van der Waals surface area contributed by atoms with Crippen LogP contribution in [0.4, 0.5) is 13.2 Å². The smallest absolute Gasteiger partial charge is 0.388 e. The molecular weight excluding hydrogens is 324 g/mol. The van der Waals surface area contributed by atoms with E-state index >= 15 is 0 Å². The molecule has 0 saturated carbocycles. The van der Waals surface area contributed by atoms with Crippen LogP contribution in [0.3, 0.4) is 0 Å². The zero-order valence-corrected chi connectivity index (χ0v) is 12.2. The molecule has 0 saturated heterocycles. The van der Waals surface area contributed by atoms with E-state index in [1.807, 2.05) is 0 Å². The predicted octanol–water partition coefficient (Wildman–Crippen LogP) is 5.29. The highest BCUT2D eigenvalue weighted by Gasteiger charge is 2.30. The predicted molar refractivity (Wildman–Crippen MR) is 76.6 cm³/mol. The summed E-state index contributed by atoms with van der Waals surface area (Å²) in [5, 5.41) is 10.7. The molecule has 1 N–H and O–H groups in total. The van der Waals surface area contributed by atoms with E-state index in [4.69, 9.17) is 23.2 Å². The van der Waals surface area contributed by atoms with Crippen molar-refractivity contribution in [3.8, 4) is 0 Å². The first kappa shape index (κ1) is 16.1. The van der Waals surface area contributed by atoms with Crippen molar-refractivity contribution in [2.45, 2.75) is 18.7 Å². The first-order valence-electron chi connectivity index (χ1n) is 6.07. The first-order chi connectivity index (χ1) is 9.79. The van der Waals surface area contributed by atoms with E-state index in [0.29, 0.717) is 15.6 Å². The molecule has 0 bridgehead atoms. The van der Waals surface area contributed by atoms with Crippen LogP contribution in [0.15, 0.2) is 42.5 Å². The molecule has 0 aliphatic carbocycles. The molecule has 21 heavy (non-hydrogen) atoms. The summed E-state index contributed by atoms with van der Waals surface area (Å²) in [4.78, 5) is 0. The number of benzene rings is 2. The molecule has 112 valence electrons. The summed E-state index contributed by atoms with van der Waals surface area (Å²) in [5.41, 5.74) is -0.0359. The second-order valence-corrected chi connectivity index (χ2v) is 5.34. The van der Waals surface area contributed by atoms with Crippen LogP contribution in [0.5, 0.6) is 0 Å². The van der Waals surface area contributed by atoms with Crippen molar-refractivity contribution in [1.82, 2.24) is 0 Å². The lowest BCUT2D eigenvalue weighted by Crippen LogP contribution is -2.08. The van der Waals surface area contributed by atoms with Gasteiger partial charge in [0, 0.05) is 6.42 Å². The second kappa shape index (κ2) is 6.26. The highest BCUT2D eigenvalue weighted by Crippen LogP contribution is 2.33. The Morgan fingerprint density at radius 2 is 1.71 bits per heavy atom. The van der Waals surface area contributed by atoms with Gasteiger partial charge in [0.05, 0.1) is 21.7 Å². The normalized spacial score (nSPS) is 13.2. The summed E-state index contributed by atoms with van der Waals surface area (Å²) in [6.45, 7) is 0. The van der Waals surface area contributed by atoms with Crippen molar-refractivity contribution in [2.24, 2.45) is 0 Å². The van der Waals surface area contributed by atoms with Gasteiger partial charge in [-0.1, -0.05) is 47.5 Å². The molecule has 0 aliphatic rings. The average Bonchev–Trinajstić information content (AvgIpc) is 2.43. The molecule has 0 fully saturated rings. The molecule has 0 aromatic heterocycles. The van der Waals surface area contributed by atoms with Gasteiger partial charge >= 0.3 is 6.18 Å². The largest absolute Gasteiger partial charge is 0.416 e. The number of halogens is 5. The molecule has 0 radical (unpaired) electrons. The Morgan fingerprint density at radius 1 is 1.05 bits per heavy atom. The van der Waals surface area contributed by atoms with E-state index in [0.717, 1.165) is 12.1 Å². The standard InChI is InChI=1S/C15H11Cl2F3O/c16-12-6-2-4-10(14(12)17)8-13(21)9-3-1-5-11(7-9)15(18,19)20/h1-7,13,21H,8H2. The van der Waals surface area contributed by atoms with Crippen LogP contribution in [0.25, 0.3) is 0 Å². The summed E-state index contributed by atoms with van der Waals surface area (Å²) < 4.78 is 38.0. The van der Waals surface area contributed by atoms with Crippen molar-refractivity contribution in [3.63, 3.8) is 0 Å². The molecule has 0 aliphatic heterocycles. The first-order valence-corrected chi connectivity index (χ1v) is 6.82. The molecule has 6 heteroatoms. The topological polar surface area (TPSA) is 20.2 Å². The molecule has 2 aromatic rings. The fraction of sp³-hybridized carbons (Fsp3) is 0.200. The maximum Gasteiger partial charge on any atom is 0.416 e. The van der Waals surface area contributed by atoms with Crippen LogP contribution in [0.1, 0.15) is 22.8 Å². The number of alkyl halides is 3. The fourth-order valence-corrected chi connectivity index (χ4v) is 2.35. The fourth-order valence-electron chi connectivity index (χ4n) is 1.95. The Balaban J connectivity index is 2.25. The van der Waals surface area contributed by atoms with E-state index in [1.165, 1.54) is 12.1 Å². The molecule has 1 nitrogen and oxygen atoms in total. The van der Waals surface area contributed by atoms with Gasteiger partial charge in [0.25, 0.3) is 0 Å². The Hall–Kier alpha value is -1.23. The minimum absolute atomic E-state index is 0.0840. The number of aliphatic hydroxyl groups is 1. The zero-order chi connectivity index (χ0) is 15.6. The summed E-state index contributed by atoms with van der Waals surface area (Å²) in [6, 6.07) is 9.54. The van der Waals surface area contributed by atoms with Crippen molar-refractivity contribution in [2.75, 3.05) is 0 Å². The van der Waals surface area contributed by atoms with Crippen LogP contribution in [-0.2, 0) is 12.6 Å². The van der Waals surface area contributed by atoms with Crippen LogP contribution in [0.2, 0.25) is 10.0 Å². The third-order valence-electron chi connectivity index (χ3n) is 3.04. The third-order valence-corrected chi connectivity index (χ3v) is 3.90. The SMILES string of the molecule is OC(Cc1cccc(Cl)c1Cl)c1cccc(C(F)(F)F)c1. The van der Waals surface area contributed by atoms with E-state index in [1.54, 1.807) is 18.2 Å². The van der Waals surface area contributed by atoms with E-state index < -0.39 is 17.8 Å². The van der Waals surface area contributed by atoms with E-state index in [-0.39, 0.29) is 12.0 Å². The van der Waals surface area contributed by atoms with E-state index in [2.05, 4.69) is 0 Å². The monoisotopic (exact) mass is 334 g/mol. The van der Waals surface area contributed by atoms with Crippen molar-refractivity contribution in [1.29, 1.82) is 0 Å². The van der Waals surface area contributed by atoms with Gasteiger partial charge < -0.3 is 5.11 Å². The van der Waals surface area contributed by atoms with Crippen LogP contribution in [0, 0.1) is 0 Å². The number of hydrogen-bond acceptors (Lipinski definition) is 1. The number of hydrogen-bond donors (Lipinski definition) is 1. The average molecular weight is 335 g/mol. The summed E-state index contributed by atoms with van der Waals surface area (Å²) in [5.74, 6) is 0. The summed E-state index contributed by atoms with van der Waals surface area (Å²) in [6.07, 6.45) is -5.45. The molecule has 2 rings (SSSR count). The van der Waals surface area contributed by atoms with Crippen LogP contribution < -0.4 is 0 Å². The van der Waals surface area contributed by atoms with Crippen LogP contribution >= 0.6 is 23.2 Å². The lowest BCUT2D eigenvalue weighted by atomic mass is 9.99. The molecule has 1 atom stereocenters. The van der Waals surface area contributed by atoms with Gasteiger partial charge in [0.2, 0.25) is 0 Å². The molecule has 0 spiro atoms. The van der Waals surface area contributed by atoms with Crippen molar-refractivity contribution in [3.05, 3.63) is 69.2 Å². The third kappa shape index (κ3) is 3.90. The maximum atomic E-state index is 12.7. The van der Waals surface area contributed by atoms with Gasteiger partial charge in [-0.2, -0.15) is 13.2 Å². The highest BCUT2D eigenvalue weighted by molar-refractivity contribution is 6.42. The Morgan fingerprint density at radius 3 is 2.38 bits per heavy atom. The summed E-state index contributed by atoms with van der Waals surface area (Å²) in [7, 11) is 0. The molecule has 2 aromatic carbocycles. The number of aliphatic hydroxyl groups excluding tert-OH is 1. The second-order valence-electron chi connectivity index (χ2n) is 4.56. The Bertz CT molecular complexity index is 641.